The van der Waals surface area contributed by atoms with Gasteiger partial charge in [0.05, 0.1) is 0 Å². The van der Waals surface area contributed by atoms with Gasteiger partial charge in [-0.05, 0) is 18.9 Å². The fourth-order valence-corrected chi connectivity index (χ4v) is 1.22. The van der Waals surface area contributed by atoms with Gasteiger partial charge in [0.2, 0.25) is 0 Å². The Hall–Kier alpha value is -0.960. The standard InChI is InChI=1S/C11H19N3/c1-8(12)5-9-6-13-10(14-7-9)11(2,3)4/h6-8H,5,12H2,1-4H3. The van der Waals surface area contributed by atoms with Crippen LogP contribution < -0.4 is 5.73 Å². The fourth-order valence-electron chi connectivity index (χ4n) is 1.22. The van der Waals surface area contributed by atoms with Gasteiger partial charge in [-0.3, -0.25) is 0 Å². The zero-order valence-electron chi connectivity index (χ0n) is 9.41. The summed E-state index contributed by atoms with van der Waals surface area (Å²) in [6, 6.07) is 0.166. The largest absolute Gasteiger partial charge is 0.328 e. The Morgan fingerprint density at radius 3 is 2.14 bits per heavy atom. The Bertz CT molecular complexity index is 282. The van der Waals surface area contributed by atoms with Crippen molar-refractivity contribution < 1.29 is 0 Å². The lowest BCUT2D eigenvalue weighted by atomic mass is 9.95. The van der Waals surface area contributed by atoms with Gasteiger partial charge in [-0.2, -0.15) is 0 Å². The maximum Gasteiger partial charge on any atom is 0.133 e. The molecule has 0 fully saturated rings. The summed E-state index contributed by atoms with van der Waals surface area (Å²) in [6.45, 7) is 8.30. The quantitative estimate of drug-likeness (QED) is 0.777. The molecular weight excluding hydrogens is 174 g/mol. The molecule has 0 saturated carbocycles. The minimum Gasteiger partial charge on any atom is -0.328 e. The molecule has 0 aliphatic carbocycles. The molecule has 0 aliphatic heterocycles. The predicted molar refractivity (Wildman–Crippen MR) is 58.1 cm³/mol. The van der Waals surface area contributed by atoms with Crippen LogP contribution >= 0.6 is 0 Å². The van der Waals surface area contributed by atoms with Crippen molar-refractivity contribution in [1.82, 2.24) is 9.97 Å². The van der Waals surface area contributed by atoms with Crippen molar-refractivity contribution in [1.29, 1.82) is 0 Å². The number of nitrogens with two attached hydrogens (primary N) is 1. The van der Waals surface area contributed by atoms with Gasteiger partial charge in [-0.1, -0.05) is 20.8 Å². The highest BCUT2D eigenvalue weighted by Gasteiger charge is 2.16. The number of rotatable bonds is 2. The van der Waals surface area contributed by atoms with Gasteiger partial charge in [0.1, 0.15) is 5.82 Å². The van der Waals surface area contributed by atoms with Crippen molar-refractivity contribution in [3.8, 4) is 0 Å². The molecule has 1 heterocycles. The van der Waals surface area contributed by atoms with Gasteiger partial charge >= 0.3 is 0 Å². The molecule has 2 N–H and O–H groups in total. The van der Waals surface area contributed by atoms with E-state index in [0.29, 0.717) is 0 Å². The molecule has 0 saturated heterocycles. The maximum atomic E-state index is 5.69. The van der Waals surface area contributed by atoms with Crippen molar-refractivity contribution in [3.63, 3.8) is 0 Å². The van der Waals surface area contributed by atoms with Crippen LogP contribution in [0.15, 0.2) is 12.4 Å². The van der Waals surface area contributed by atoms with Gasteiger partial charge in [0.25, 0.3) is 0 Å². The summed E-state index contributed by atoms with van der Waals surface area (Å²) in [5, 5.41) is 0. The van der Waals surface area contributed by atoms with E-state index < -0.39 is 0 Å². The lowest BCUT2D eigenvalue weighted by molar-refractivity contribution is 0.543. The van der Waals surface area contributed by atoms with Gasteiger partial charge in [-0.15, -0.1) is 0 Å². The van der Waals surface area contributed by atoms with Crippen LogP contribution in [0.5, 0.6) is 0 Å². The first-order chi connectivity index (χ1) is 6.39. The van der Waals surface area contributed by atoms with Crippen LogP contribution in [0.3, 0.4) is 0 Å². The third-order valence-electron chi connectivity index (χ3n) is 1.93. The van der Waals surface area contributed by atoms with E-state index in [-0.39, 0.29) is 11.5 Å². The van der Waals surface area contributed by atoms with Crippen LogP contribution in [-0.4, -0.2) is 16.0 Å². The summed E-state index contributed by atoms with van der Waals surface area (Å²) in [5.74, 6) is 0.880. The normalized spacial score (nSPS) is 14.1. The second-order valence-corrected chi connectivity index (χ2v) is 4.85. The van der Waals surface area contributed by atoms with Crippen LogP contribution in [-0.2, 0) is 11.8 Å². The molecule has 3 heteroatoms. The molecule has 1 rings (SSSR count). The molecule has 14 heavy (non-hydrogen) atoms. The summed E-state index contributed by atoms with van der Waals surface area (Å²) >= 11 is 0. The van der Waals surface area contributed by atoms with Crippen molar-refractivity contribution in [2.24, 2.45) is 5.73 Å². The Morgan fingerprint density at radius 2 is 1.79 bits per heavy atom. The SMILES string of the molecule is CC(N)Cc1cnc(C(C)(C)C)nc1. The van der Waals surface area contributed by atoms with E-state index in [2.05, 4.69) is 30.7 Å². The summed E-state index contributed by atoms with van der Waals surface area (Å²) in [7, 11) is 0. The van der Waals surface area contributed by atoms with Crippen molar-refractivity contribution >= 4 is 0 Å². The third kappa shape index (κ3) is 3.07. The number of hydrogen-bond acceptors (Lipinski definition) is 3. The summed E-state index contributed by atoms with van der Waals surface area (Å²) in [6.07, 6.45) is 4.58. The maximum absolute atomic E-state index is 5.69. The van der Waals surface area contributed by atoms with E-state index in [1.54, 1.807) is 0 Å². The second kappa shape index (κ2) is 4.05. The highest BCUT2D eigenvalue weighted by Crippen LogP contribution is 2.17. The molecule has 1 unspecified atom stereocenters. The number of hydrogen-bond donors (Lipinski definition) is 1. The molecule has 0 amide bonds. The van der Waals surface area contributed by atoms with E-state index in [4.69, 9.17) is 5.73 Å². The minimum absolute atomic E-state index is 0.0207. The molecule has 78 valence electrons. The summed E-state index contributed by atoms with van der Waals surface area (Å²) in [5.41, 5.74) is 6.82. The Balaban J connectivity index is 2.79. The average molecular weight is 193 g/mol. The first kappa shape index (κ1) is 11.1. The van der Waals surface area contributed by atoms with Crippen LogP contribution in [0.4, 0.5) is 0 Å². The smallest absolute Gasteiger partial charge is 0.133 e. The van der Waals surface area contributed by atoms with Gasteiger partial charge in [0.15, 0.2) is 0 Å². The van der Waals surface area contributed by atoms with Crippen molar-refractivity contribution in [2.75, 3.05) is 0 Å². The zero-order valence-corrected chi connectivity index (χ0v) is 9.41. The molecule has 0 aliphatic rings. The molecule has 1 aromatic heterocycles. The van der Waals surface area contributed by atoms with Crippen LogP contribution in [0.2, 0.25) is 0 Å². The van der Waals surface area contributed by atoms with Crippen LogP contribution in [0.25, 0.3) is 0 Å². The molecule has 0 aromatic carbocycles. The summed E-state index contributed by atoms with van der Waals surface area (Å²) in [4.78, 5) is 8.67. The van der Waals surface area contributed by atoms with Gasteiger partial charge in [-0.25, -0.2) is 9.97 Å². The second-order valence-electron chi connectivity index (χ2n) is 4.85. The van der Waals surface area contributed by atoms with E-state index in [0.717, 1.165) is 17.8 Å². The van der Waals surface area contributed by atoms with E-state index >= 15 is 0 Å². The highest BCUT2D eigenvalue weighted by molar-refractivity contribution is 5.10. The molecule has 1 aromatic rings. The van der Waals surface area contributed by atoms with Crippen LogP contribution in [0.1, 0.15) is 39.1 Å². The van der Waals surface area contributed by atoms with E-state index in [1.165, 1.54) is 0 Å². The van der Waals surface area contributed by atoms with Gasteiger partial charge in [0, 0.05) is 23.9 Å². The minimum atomic E-state index is 0.0207. The molecule has 0 radical (unpaired) electrons. The highest BCUT2D eigenvalue weighted by atomic mass is 14.9. The summed E-state index contributed by atoms with van der Waals surface area (Å²) < 4.78 is 0. The van der Waals surface area contributed by atoms with E-state index in [9.17, 15) is 0 Å². The lowest BCUT2D eigenvalue weighted by Gasteiger charge is -2.16. The first-order valence-corrected chi connectivity index (χ1v) is 4.96. The number of nitrogens with zero attached hydrogens (tertiary/aromatic N) is 2. The lowest BCUT2D eigenvalue weighted by Crippen LogP contribution is -2.19. The Morgan fingerprint density at radius 1 is 1.29 bits per heavy atom. The topological polar surface area (TPSA) is 51.8 Å². The molecule has 1 atom stereocenters. The van der Waals surface area contributed by atoms with Crippen molar-refractivity contribution in [2.45, 2.75) is 45.6 Å². The monoisotopic (exact) mass is 193 g/mol. The van der Waals surface area contributed by atoms with E-state index in [1.807, 2.05) is 19.3 Å². The van der Waals surface area contributed by atoms with Gasteiger partial charge < -0.3 is 5.73 Å². The predicted octanol–water partition coefficient (Wildman–Crippen LogP) is 1.66. The Kier molecular flexibility index (Phi) is 3.21. The molecule has 0 bridgehead atoms. The fraction of sp³-hybridized carbons (Fsp3) is 0.636. The van der Waals surface area contributed by atoms with Crippen LogP contribution in [0, 0.1) is 0 Å². The number of aromatic nitrogens is 2. The zero-order chi connectivity index (χ0) is 10.8. The van der Waals surface area contributed by atoms with Crippen molar-refractivity contribution in [3.05, 3.63) is 23.8 Å². The molecule has 0 spiro atoms. The Labute approximate surface area is 85.8 Å². The molecule has 3 nitrogen and oxygen atoms in total. The molecular formula is C11H19N3. The average Bonchev–Trinajstić information content (AvgIpc) is 2.02. The first-order valence-electron chi connectivity index (χ1n) is 4.96. The third-order valence-corrected chi connectivity index (χ3v) is 1.93.